The Bertz CT molecular complexity index is 2350. The summed E-state index contributed by atoms with van der Waals surface area (Å²) in [6.07, 6.45) is 8.68. The Balaban J connectivity index is 0.741. The minimum absolute atomic E-state index is 0.102. The molecule has 0 unspecified atom stereocenters. The van der Waals surface area contributed by atoms with E-state index in [1.54, 1.807) is 25.3 Å². The number of carbonyl (C=O) groups is 3. The molecule has 10 rings (SSSR count). The zero-order valence-corrected chi connectivity index (χ0v) is 34.8. The fourth-order valence-corrected chi connectivity index (χ4v) is 11.8. The number of ether oxygens (including phenoxy) is 2. The van der Waals surface area contributed by atoms with Gasteiger partial charge in [-0.1, -0.05) is 42.5 Å². The highest BCUT2D eigenvalue weighted by molar-refractivity contribution is 6.03. The number of anilines is 1. The van der Waals surface area contributed by atoms with E-state index < -0.39 is 17.9 Å². The molecule has 3 aromatic carbocycles. The first-order valence-electron chi connectivity index (χ1n) is 22.1. The first kappa shape index (κ1) is 39.6. The summed E-state index contributed by atoms with van der Waals surface area (Å²) >= 11 is 0. The van der Waals surface area contributed by atoms with Gasteiger partial charge >= 0.3 is 0 Å². The van der Waals surface area contributed by atoms with Crippen LogP contribution in [0.2, 0.25) is 0 Å². The maximum absolute atomic E-state index is 16.4. The summed E-state index contributed by atoms with van der Waals surface area (Å²) in [5, 5.41) is 15.3. The van der Waals surface area contributed by atoms with E-state index in [1.165, 1.54) is 18.4 Å². The number of piperidine rings is 3. The van der Waals surface area contributed by atoms with Crippen molar-refractivity contribution in [1.82, 2.24) is 20.5 Å². The van der Waals surface area contributed by atoms with Crippen molar-refractivity contribution in [3.05, 3.63) is 112 Å². The highest BCUT2D eigenvalue weighted by Gasteiger charge is 2.49. The second-order valence-electron chi connectivity index (χ2n) is 18.6. The van der Waals surface area contributed by atoms with Crippen molar-refractivity contribution < 1.29 is 33.4 Å². The number of benzene rings is 3. The van der Waals surface area contributed by atoms with Crippen LogP contribution < -0.4 is 25.0 Å². The van der Waals surface area contributed by atoms with Crippen LogP contribution >= 0.6 is 0 Å². The fourth-order valence-electron chi connectivity index (χ4n) is 11.8. The number of rotatable bonds is 8. The molecule has 11 nitrogen and oxygen atoms in total. The van der Waals surface area contributed by atoms with Crippen molar-refractivity contribution in [2.24, 2.45) is 11.3 Å². The summed E-state index contributed by atoms with van der Waals surface area (Å²) in [5.41, 5.74) is 6.39. The van der Waals surface area contributed by atoms with Crippen LogP contribution in [0.15, 0.2) is 72.8 Å². The van der Waals surface area contributed by atoms with E-state index >= 15 is 4.39 Å². The molecule has 4 fully saturated rings. The van der Waals surface area contributed by atoms with Crippen LogP contribution in [0.3, 0.4) is 0 Å². The van der Waals surface area contributed by atoms with Gasteiger partial charge in [0.2, 0.25) is 17.7 Å². The summed E-state index contributed by atoms with van der Waals surface area (Å²) in [5.74, 6) is 0.695. The number of likely N-dealkylation sites (tertiary alicyclic amines) is 1. The topological polar surface area (TPSA) is 133 Å². The van der Waals surface area contributed by atoms with E-state index in [0.717, 1.165) is 93.5 Å². The van der Waals surface area contributed by atoms with E-state index in [-0.39, 0.29) is 53.3 Å². The molecule has 3 atom stereocenters. The van der Waals surface area contributed by atoms with Gasteiger partial charge in [0.15, 0.2) is 0 Å². The largest absolute Gasteiger partial charge is 0.508 e. The molecule has 4 aliphatic heterocycles. The molecule has 61 heavy (non-hydrogen) atoms. The lowest BCUT2D eigenvalue weighted by Gasteiger charge is -2.54. The molecule has 4 aromatic rings. The third kappa shape index (κ3) is 7.40. The van der Waals surface area contributed by atoms with Crippen molar-refractivity contribution in [3.8, 4) is 17.4 Å². The molecule has 1 saturated carbocycles. The predicted octanol–water partition coefficient (Wildman–Crippen LogP) is 6.75. The number of halogens is 1. The first-order chi connectivity index (χ1) is 29.6. The van der Waals surface area contributed by atoms with Crippen LogP contribution in [0.4, 0.5) is 10.1 Å². The molecular formula is C49H54FN5O6. The Hall–Kier alpha value is -5.49. The highest BCUT2D eigenvalue weighted by Crippen LogP contribution is 2.55. The Morgan fingerprint density at radius 1 is 0.951 bits per heavy atom. The van der Waals surface area contributed by atoms with Crippen LogP contribution in [-0.4, -0.2) is 85.2 Å². The third-order valence-electron chi connectivity index (χ3n) is 15.1. The molecule has 3 N–H and O–H groups in total. The van der Waals surface area contributed by atoms with Gasteiger partial charge in [-0.05, 0) is 129 Å². The second-order valence-corrected chi connectivity index (χ2v) is 18.6. The summed E-state index contributed by atoms with van der Waals surface area (Å²) < 4.78 is 28.6. The van der Waals surface area contributed by atoms with Crippen molar-refractivity contribution >= 4 is 23.4 Å². The number of aryl methyl sites for hydroxylation is 1. The molecule has 3 saturated heterocycles. The number of amides is 3. The van der Waals surface area contributed by atoms with Gasteiger partial charge in [-0.2, -0.15) is 0 Å². The Labute approximate surface area is 356 Å². The van der Waals surface area contributed by atoms with E-state index in [1.807, 2.05) is 30.3 Å². The van der Waals surface area contributed by atoms with E-state index in [2.05, 4.69) is 49.7 Å². The first-order valence-corrected chi connectivity index (χ1v) is 22.1. The number of nitrogens with one attached hydrogen (secondary N) is 2. The number of pyridine rings is 1. The lowest BCUT2D eigenvalue weighted by Crippen LogP contribution is -2.52. The lowest BCUT2D eigenvalue weighted by molar-refractivity contribution is -0.134. The van der Waals surface area contributed by atoms with E-state index in [4.69, 9.17) is 9.47 Å². The number of aromatic nitrogens is 1. The zero-order chi connectivity index (χ0) is 41.9. The number of hydrogen-bond donors (Lipinski definition) is 3. The summed E-state index contributed by atoms with van der Waals surface area (Å²) in [7, 11) is 1.69. The number of phenolic OH excluding ortho intramolecular Hbond substituents is 1. The average molecular weight is 828 g/mol. The maximum Gasteiger partial charge on any atom is 0.270 e. The number of imide groups is 1. The van der Waals surface area contributed by atoms with Gasteiger partial charge in [0.05, 0.1) is 19.4 Å². The summed E-state index contributed by atoms with van der Waals surface area (Å²) in [4.78, 5) is 45.9. The second kappa shape index (κ2) is 15.8. The quantitative estimate of drug-likeness (QED) is 0.165. The Morgan fingerprint density at radius 3 is 2.49 bits per heavy atom. The highest BCUT2D eigenvalue weighted by atomic mass is 19.1. The maximum atomic E-state index is 16.4. The number of nitrogens with zero attached hydrogens (tertiary/aromatic N) is 3. The third-order valence-corrected chi connectivity index (χ3v) is 15.1. The molecule has 12 heteroatoms. The number of phenols is 1. The monoisotopic (exact) mass is 827 g/mol. The standard InChI is InChI=1S/C49H54FN5O6/c1-60-42-25-41(38(50)24-36(42)44-34(31-5-3-2-4-6-31)9-7-32-23-33(56)8-10-35(32)44)55-21-15-48(16-22-55)26-30(27-48)28-54-19-17-49(18-20-54)29-61-47-37(49)11-12-40(52-47)45(58)51-39-13-14-43(57)53-46(39)59/h2-6,8,10-12,23-25,30,34,39,44,56H,7,9,13-22,26-29H2,1H3,(H,51,58)(H,53,57,59)/t34-,39+,44+/m1/s1. The SMILES string of the molecule is COc1cc(N2CCC3(CC2)CC(CN2CCC4(CC2)COc2nc(C(=O)N[C@H]5CCC(=O)NC5=O)ccc24)C3)c(F)cc1[C@@H]1c2ccc(O)cc2CC[C@@H]1c1ccccc1. The zero-order valence-electron chi connectivity index (χ0n) is 34.8. The van der Waals surface area contributed by atoms with Gasteiger partial charge in [-0.3, -0.25) is 19.7 Å². The Morgan fingerprint density at radius 2 is 1.74 bits per heavy atom. The smallest absolute Gasteiger partial charge is 0.270 e. The molecule has 0 radical (unpaired) electrons. The van der Waals surface area contributed by atoms with Crippen molar-refractivity contribution in [2.45, 2.75) is 87.5 Å². The molecule has 6 aliphatic rings. The summed E-state index contributed by atoms with van der Waals surface area (Å²) in [6, 6.07) is 22.7. The predicted molar refractivity (Wildman–Crippen MR) is 228 cm³/mol. The summed E-state index contributed by atoms with van der Waals surface area (Å²) in [6.45, 7) is 5.25. The molecular weight excluding hydrogens is 774 g/mol. The minimum atomic E-state index is -0.758. The number of fused-ring (bicyclic) bond motifs is 3. The van der Waals surface area contributed by atoms with Crippen molar-refractivity contribution in [3.63, 3.8) is 0 Å². The van der Waals surface area contributed by atoms with Crippen LogP contribution in [0, 0.1) is 17.2 Å². The van der Waals surface area contributed by atoms with Crippen LogP contribution in [0.25, 0.3) is 0 Å². The normalized spacial score (nSPS) is 24.4. The van der Waals surface area contributed by atoms with Gasteiger partial charge in [-0.15, -0.1) is 0 Å². The Kier molecular flexibility index (Phi) is 10.2. The van der Waals surface area contributed by atoms with Crippen molar-refractivity contribution in [2.75, 3.05) is 51.3 Å². The molecule has 2 aliphatic carbocycles. The molecule has 3 amide bonds. The molecule has 1 aromatic heterocycles. The molecule has 0 bridgehead atoms. The number of aromatic hydroxyl groups is 1. The minimum Gasteiger partial charge on any atom is -0.508 e. The van der Waals surface area contributed by atoms with E-state index in [0.29, 0.717) is 35.3 Å². The average Bonchev–Trinajstić information content (AvgIpc) is 3.61. The van der Waals surface area contributed by atoms with Gasteiger partial charge in [0.1, 0.15) is 29.1 Å². The lowest BCUT2D eigenvalue weighted by atomic mass is 9.57. The van der Waals surface area contributed by atoms with Gasteiger partial charge in [0, 0.05) is 54.6 Å². The van der Waals surface area contributed by atoms with Gasteiger partial charge in [-0.25, -0.2) is 9.37 Å². The number of methoxy groups -OCH3 is 1. The van der Waals surface area contributed by atoms with Crippen LogP contribution in [-0.2, 0) is 21.4 Å². The molecule has 5 heterocycles. The van der Waals surface area contributed by atoms with Crippen LogP contribution in [0.5, 0.6) is 17.4 Å². The fraction of sp³-hybridized carbons (Fsp3) is 0.469. The van der Waals surface area contributed by atoms with E-state index in [9.17, 15) is 19.5 Å². The van der Waals surface area contributed by atoms with Gasteiger partial charge < -0.3 is 29.7 Å². The molecule has 2 spiro atoms. The van der Waals surface area contributed by atoms with Crippen molar-refractivity contribution in [1.29, 1.82) is 0 Å². The number of hydrogen-bond acceptors (Lipinski definition) is 9. The molecule has 318 valence electrons. The van der Waals surface area contributed by atoms with Gasteiger partial charge in [0.25, 0.3) is 5.91 Å². The van der Waals surface area contributed by atoms with Crippen LogP contribution in [0.1, 0.15) is 108 Å². The number of carbonyl (C=O) groups excluding carboxylic acids is 3.